The first-order valence-corrected chi connectivity index (χ1v) is 8.77. The quantitative estimate of drug-likeness (QED) is 0.658. The SMILES string of the molecule is COCCNCCNC(=O)c1cc(C)n(C(C)c2ccccc2)c1C.Cl. The fraction of sp³-hybridized carbons (Fsp3) is 0.450. The Morgan fingerprint density at radius 3 is 2.50 bits per heavy atom. The van der Waals surface area contributed by atoms with Gasteiger partial charge in [-0.05, 0) is 32.4 Å². The molecule has 1 aromatic heterocycles. The first-order chi connectivity index (χ1) is 12.1. The van der Waals surface area contributed by atoms with E-state index in [1.54, 1.807) is 7.11 Å². The van der Waals surface area contributed by atoms with E-state index in [4.69, 9.17) is 4.74 Å². The highest BCUT2D eigenvalue weighted by Gasteiger charge is 2.19. The second-order valence-electron chi connectivity index (χ2n) is 6.24. The van der Waals surface area contributed by atoms with Crippen LogP contribution in [0, 0.1) is 13.8 Å². The monoisotopic (exact) mass is 379 g/mol. The highest BCUT2D eigenvalue weighted by Crippen LogP contribution is 2.25. The van der Waals surface area contributed by atoms with E-state index < -0.39 is 0 Å². The molecule has 0 bridgehead atoms. The molecule has 6 heteroatoms. The molecule has 0 aliphatic carbocycles. The number of nitrogens with one attached hydrogen (secondary N) is 2. The van der Waals surface area contributed by atoms with Crippen LogP contribution >= 0.6 is 12.4 Å². The molecule has 0 aliphatic rings. The van der Waals surface area contributed by atoms with Crippen LogP contribution in [0.5, 0.6) is 0 Å². The van der Waals surface area contributed by atoms with E-state index in [2.05, 4.69) is 41.2 Å². The summed E-state index contributed by atoms with van der Waals surface area (Å²) in [5.74, 6) is -0.0202. The summed E-state index contributed by atoms with van der Waals surface area (Å²) in [4.78, 5) is 12.5. The molecule has 1 amide bonds. The third kappa shape index (κ3) is 5.59. The lowest BCUT2D eigenvalue weighted by molar-refractivity contribution is 0.0953. The average Bonchev–Trinajstić information content (AvgIpc) is 2.92. The highest BCUT2D eigenvalue weighted by atomic mass is 35.5. The Labute approximate surface area is 162 Å². The second kappa shape index (κ2) is 11.0. The Bertz CT molecular complexity index is 686. The third-order valence-corrected chi connectivity index (χ3v) is 4.47. The number of aromatic nitrogens is 1. The standard InChI is InChI=1S/C20H29N3O2.ClH/c1-15-14-19(20(24)22-11-10-21-12-13-25-4)17(3)23(15)16(2)18-8-6-5-7-9-18;/h5-9,14,16,21H,10-13H2,1-4H3,(H,22,24);1H. The number of hydrogen-bond acceptors (Lipinski definition) is 3. The van der Waals surface area contributed by atoms with Crippen LogP contribution in [0.4, 0.5) is 0 Å². The molecule has 5 nitrogen and oxygen atoms in total. The van der Waals surface area contributed by atoms with Crippen LogP contribution in [0.2, 0.25) is 0 Å². The summed E-state index contributed by atoms with van der Waals surface area (Å²) in [6, 6.07) is 12.5. The molecular weight excluding hydrogens is 350 g/mol. The van der Waals surface area contributed by atoms with Gasteiger partial charge in [0.1, 0.15) is 0 Å². The number of aryl methyl sites for hydroxylation is 1. The van der Waals surface area contributed by atoms with E-state index in [1.165, 1.54) is 5.56 Å². The molecule has 0 radical (unpaired) electrons. The maximum absolute atomic E-state index is 12.5. The summed E-state index contributed by atoms with van der Waals surface area (Å²) < 4.78 is 7.20. The predicted octanol–water partition coefficient (Wildman–Crippen LogP) is 3.10. The van der Waals surface area contributed by atoms with Crippen molar-refractivity contribution < 1.29 is 9.53 Å². The Hall–Kier alpha value is -1.82. The van der Waals surface area contributed by atoms with Gasteiger partial charge in [0.2, 0.25) is 0 Å². The molecule has 26 heavy (non-hydrogen) atoms. The molecule has 1 unspecified atom stereocenters. The van der Waals surface area contributed by atoms with Crippen molar-refractivity contribution in [3.63, 3.8) is 0 Å². The van der Waals surface area contributed by atoms with Gasteiger partial charge in [-0.3, -0.25) is 4.79 Å². The fourth-order valence-electron chi connectivity index (χ4n) is 3.14. The third-order valence-electron chi connectivity index (χ3n) is 4.47. The van der Waals surface area contributed by atoms with E-state index >= 15 is 0 Å². The van der Waals surface area contributed by atoms with Crippen LogP contribution in [-0.2, 0) is 4.74 Å². The van der Waals surface area contributed by atoms with Crippen molar-refractivity contribution in [1.82, 2.24) is 15.2 Å². The van der Waals surface area contributed by atoms with E-state index in [1.807, 2.05) is 31.2 Å². The molecule has 0 spiro atoms. The Morgan fingerprint density at radius 1 is 1.15 bits per heavy atom. The molecule has 1 heterocycles. The maximum atomic E-state index is 12.5. The molecule has 0 saturated heterocycles. The number of ether oxygens (including phenoxy) is 1. The molecule has 0 fully saturated rings. The summed E-state index contributed by atoms with van der Waals surface area (Å²) in [6.07, 6.45) is 0. The molecule has 2 rings (SSSR count). The number of hydrogen-bond donors (Lipinski definition) is 2. The van der Waals surface area contributed by atoms with Crippen molar-refractivity contribution in [1.29, 1.82) is 0 Å². The molecule has 2 aromatic rings. The normalized spacial score (nSPS) is 11.7. The van der Waals surface area contributed by atoms with Gasteiger partial charge in [-0.15, -0.1) is 12.4 Å². The number of methoxy groups -OCH3 is 1. The Balaban J connectivity index is 0.00000338. The minimum Gasteiger partial charge on any atom is -0.383 e. The van der Waals surface area contributed by atoms with Crippen molar-refractivity contribution in [2.24, 2.45) is 0 Å². The van der Waals surface area contributed by atoms with Gasteiger partial charge in [0.15, 0.2) is 0 Å². The van der Waals surface area contributed by atoms with Crippen molar-refractivity contribution in [3.05, 3.63) is 58.9 Å². The van der Waals surface area contributed by atoms with Gasteiger partial charge in [0.25, 0.3) is 5.91 Å². The zero-order valence-electron chi connectivity index (χ0n) is 16.0. The molecule has 1 aromatic carbocycles. The number of amides is 1. The van der Waals surface area contributed by atoms with Crippen LogP contribution in [-0.4, -0.2) is 43.8 Å². The van der Waals surface area contributed by atoms with Crippen LogP contribution in [0.3, 0.4) is 0 Å². The van der Waals surface area contributed by atoms with Gasteiger partial charge in [-0.1, -0.05) is 30.3 Å². The minimum atomic E-state index is -0.0202. The first-order valence-electron chi connectivity index (χ1n) is 8.77. The van der Waals surface area contributed by atoms with Gasteiger partial charge in [-0.25, -0.2) is 0 Å². The summed E-state index contributed by atoms with van der Waals surface area (Å²) in [7, 11) is 1.68. The first kappa shape index (κ1) is 22.2. The minimum absolute atomic E-state index is 0. The lowest BCUT2D eigenvalue weighted by atomic mass is 10.1. The topological polar surface area (TPSA) is 55.3 Å². The molecule has 0 aliphatic heterocycles. The number of benzene rings is 1. The lowest BCUT2D eigenvalue weighted by Gasteiger charge is -2.19. The lowest BCUT2D eigenvalue weighted by Crippen LogP contribution is -2.33. The van der Waals surface area contributed by atoms with Gasteiger partial charge >= 0.3 is 0 Å². The molecule has 2 N–H and O–H groups in total. The van der Waals surface area contributed by atoms with Crippen LogP contribution < -0.4 is 10.6 Å². The highest BCUT2D eigenvalue weighted by molar-refractivity contribution is 5.95. The Morgan fingerprint density at radius 2 is 1.85 bits per heavy atom. The van der Waals surface area contributed by atoms with Crippen molar-refractivity contribution in [2.45, 2.75) is 26.8 Å². The molecular formula is C20H30ClN3O2. The predicted molar refractivity (Wildman–Crippen MR) is 108 cm³/mol. The van der Waals surface area contributed by atoms with Gasteiger partial charge in [0, 0.05) is 38.1 Å². The van der Waals surface area contributed by atoms with Gasteiger partial charge in [0.05, 0.1) is 18.2 Å². The van der Waals surface area contributed by atoms with Gasteiger partial charge < -0.3 is 19.9 Å². The van der Waals surface area contributed by atoms with E-state index in [-0.39, 0.29) is 24.4 Å². The summed E-state index contributed by atoms with van der Waals surface area (Å²) >= 11 is 0. The second-order valence-corrected chi connectivity index (χ2v) is 6.24. The zero-order chi connectivity index (χ0) is 18.2. The number of rotatable bonds is 9. The van der Waals surface area contributed by atoms with E-state index in [0.29, 0.717) is 13.2 Å². The van der Waals surface area contributed by atoms with Crippen LogP contribution in [0.15, 0.2) is 36.4 Å². The number of nitrogens with zero attached hydrogens (tertiary/aromatic N) is 1. The zero-order valence-corrected chi connectivity index (χ0v) is 16.9. The largest absolute Gasteiger partial charge is 0.383 e. The van der Waals surface area contributed by atoms with Crippen LogP contribution in [0.1, 0.15) is 40.3 Å². The van der Waals surface area contributed by atoms with Gasteiger partial charge in [-0.2, -0.15) is 0 Å². The summed E-state index contributed by atoms with van der Waals surface area (Å²) in [5.41, 5.74) is 4.08. The molecule has 144 valence electrons. The van der Waals surface area contributed by atoms with Crippen molar-refractivity contribution in [3.8, 4) is 0 Å². The Kier molecular flexibility index (Phi) is 9.41. The summed E-state index contributed by atoms with van der Waals surface area (Å²) in [6.45, 7) is 9.01. The smallest absolute Gasteiger partial charge is 0.253 e. The number of halogens is 1. The maximum Gasteiger partial charge on any atom is 0.253 e. The molecule has 0 saturated carbocycles. The number of carbonyl (C=O) groups excluding carboxylic acids is 1. The van der Waals surface area contributed by atoms with Crippen molar-refractivity contribution in [2.75, 3.05) is 33.4 Å². The molecule has 1 atom stereocenters. The number of carbonyl (C=O) groups is 1. The fourth-order valence-corrected chi connectivity index (χ4v) is 3.14. The van der Waals surface area contributed by atoms with Crippen molar-refractivity contribution >= 4 is 18.3 Å². The summed E-state index contributed by atoms with van der Waals surface area (Å²) in [5, 5.41) is 6.20. The van der Waals surface area contributed by atoms with E-state index in [0.717, 1.165) is 30.0 Å². The van der Waals surface area contributed by atoms with Crippen LogP contribution in [0.25, 0.3) is 0 Å². The average molecular weight is 380 g/mol. The van der Waals surface area contributed by atoms with E-state index in [9.17, 15) is 4.79 Å².